The van der Waals surface area contributed by atoms with Crippen molar-refractivity contribution in [1.82, 2.24) is 34.7 Å². The summed E-state index contributed by atoms with van der Waals surface area (Å²) in [6.45, 7) is 3.45. The van der Waals surface area contributed by atoms with E-state index in [-0.39, 0.29) is 18.0 Å². The molecular formula is C18H16F3N7O. The topological polar surface area (TPSA) is 90.0 Å². The third-order valence-electron chi connectivity index (χ3n) is 4.55. The second kappa shape index (κ2) is 6.54. The number of aromatic nitrogens is 6. The van der Waals surface area contributed by atoms with Gasteiger partial charge in [0, 0.05) is 18.9 Å². The molecule has 4 aromatic rings. The van der Waals surface area contributed by atoms with E-state index in [4.69, 9.17) is 0 Å². The fraction of sp³-hybridized carbons (Fsp3) is 0.278. The number of aryl methyl sites for hydroxylation is 3. The summed E-state index contributed by atoms with van der Waals surface area (Å²) in [5.41, 5.74) is 1.71. The molecule has 150 valence electrons. The number of nitrogens with zero attached hydrogens (tertiary/aromatic N) is 6. The Kier molecular flexibility index (Phi) is 4.25. The van der Waals surface area contributed by atoms with Crippen LogP contribution in [0.1, 0.15) is 33.1 Å². The molecule has 0 aliphatic carbocycles. The van der Waals surface area contributed by atoms with Gasteiger partial charge in [0.15, 0.2) is 17.1 Å². The molecule has 0 saturated heterocycles. The number of carbonyl (C=O) groups excluding carboxylic acids is 1. The van der Waals surface area contributed by atoms with Gasteiger partial charge in [0.25, 0.3) is 5.91 Å². The Bertz CT molecular complexity index is 1260. The van der Waals surface area contributed by atoms with Crippen molar-refractivity contribution < 1.29 is 18.0 Å². The molecule has 0 fully saturated rings. The van der Waals surface area contributed by atoms with E-state index in [1.807, 2.05) is 0 Å². The number of carbonyl (C=O) groups is 1. The zero-order valence-electron chi connectivity index (χ0n) is 15.7. The summed E-state index contributed by atoms with van der Waals surface area (Å²) >= 11 is 0. The van der Waals surface area contributed by atoms with E-state index >= 15 is 0 Å². The van der Waals surface area contributed by atoms with Gasteiger partial charge >= 0.3 is 6.18 Å². The first-order valence-corrected chi connectivity index (χ1v) is 8.65. The van der Waals surface area contributed by atoms with Crippen LogP contribution in [0.15, 0.2) is 24.4 Å². The minimum Gasteiger partial charge on any atom is -0.345 e. The average molecular weight is 403 g/mol. The number of hydrogen-bond donors (Lipinski definition) is 1. The van der Waals surface area contributed by atoms with Gasteiger partial charge in [-0.3, -0.25) is 13.9 Å². The van der Waals surface area contributed by atoms with Gasteiger partial charge in [0.05, 0.1) is 28.8 Å². The van der Waals surface area contributed by atoms with Crippen molar-refractivity contribution in [2.45, 2.75) is 26.6 Å². The van der Waals surface area contributed by atoms with Crippen LogP contribution in [0.5, 0.6) is 0 Å². The summed E-state index contributed by atoms with van der Waals surface area (Å²) in [5.74, 6) is -0.218. The Morgan fingerprint density at radius 2 is 1.97 bits per heavy atom. The highest BCUT2D eigenvalue weighted by Crippen LogP contribution is 2.29. The van der Waals surface area contributed by atoms with Crippen LogP contribution in [0.3, 0.4) is 0 Å². The van der Waals surface area contributed by atoms with Gasteiger partial charge in [0.1, 0.15) is 0 Å². The molecule has 0 saturated carbocycles. The summed E-state index contributed by atoms with van der Waals surface area (Å²) in [6.07, 6.45) is -3.58. The molecule has 0 radical (unpaired) electrons. The average Bonchev–Trinajstić information content (AvgIpc) is 3.18. The number of nitrogens with one attached hydrogen (secondary N) is 1. The second-order valence-electron chi connectivity index (χ2n) is 6.66. The molecule has 4 heterocycles. The predicted molar refractivity (Wildman–Crippen MR) is 97.1 cm³/mol. The van der Waals surface area contributed by atoms with Crippen molar-refractivity contribution in [3.05, 3.63) is 52.7 Å². The van der Waals surface area contributed by atoms with E-state index in [1.165, 1.54) is 10.5 Å². The predicted octanol–water partition coefficient (Wildman–Crippen LogP) is 2.58. The zero-order valence-corrected chi connectivity index (χ0v) is 15.7. The lowest BCUT2D eigenvalue weighted by Crippen LogP contribution is -2.24. The normalized spacial score (nSPS) is 12.1. The molecule has 4 rings (SSSR count). The molecule has 0 aliphatic heterocycles. The maximum atomic E-state index is 13.0. The lowest BCUT2D eigenvalue weighted by Gasteiger charge is -2.09. The maximum absolute atomic E-state index is 13.0. The Hall–Kier alpha value is -3.50. The number of halogens is 3. The van der Waals surface area contributed by atoms with E-state index < -0.39 is 17.6 Å². The molecule has 29 heavy (non-hydrogen) atoms. The van der Waals surface area contributed by atoms with E-state index in [9.17, 15) is 18.0 Å². The van der Waals surface area contributed by atoms with E-state index in [1.54, 1.807) is 31.6 Å². The molecular weight excluding hydrogens is 387 g/mol. The highest BCUT2D eigenvalue weighted by molar-refractivity contribution is 6.06. The smallest absolute Gasteiger partial charge is 0.345 e. The number of amides is 1. The van der Waals surface area contributed by atoms with Crippen molar-refractivity contribution >= 4 is 22.6 Å². The van der Waals surface area contributed by atoms with Crippen molar-refractivity contribution in [3.8, 4) is 0 Å². The standard InChI is InChI=1S/C18H16F3N7O/c1-9-6-12(15-10(2)26-27(3)16(15)23-9)17(29)22-7-14-25-24-13-5-4-11(8-28(13)14)18(19,20)21/h4-6,8H,7H2,1-3H3,(H,22,29). The summed E-state index contributed by atoms with van der Waals surface area (Å²) in [5, 5.41) is 15.4. The monoisotopic (exact) mass is 403 g/mol. The van der Waals surface area contributed by atoms with Gasteiger partial charge in [-0.1, -0.05) is 0 Å². The zero-order chi connectivity index (χ0) is 20.9. The van der Waals surface area contributed by atoms with Crippen LogP contribution in [-0.2, 0) is 19.8 Å². The number of alkyl halides is 3. The fourth-order valence-electron chi connectivity index (χ4n) is 3.23. The third kappa shape index (κ3) is 3.28. The van der Waals surface area contributed by atoms with E-state index in [0.29, 0.717) is 28.0 Å². The Morgan fingerprint density at radius 1 is 1.21 bits per heavy atom. The van der Waals surface area contributed by atoms with Crippen LogP contribution in [0, 0.1) is 13.8 Å². The largest absolute Gasteiger partial charge is 0.417 e. The van der Waals surface area contributed by atoms with Crippen molar-refractivity contribution in [3.63, 3.8) is 0 Å². The van der Waals surface area contributed by atoms with Crippen LogP contribution < -0.4 is 5.32 Å². The van der Waals surface area contributed by atoms with Gasteiger partial charge in [-0.25, -0.2) is 4.98 Å². The second-order valence-corrected chi connectivity index (χ2v) is 6.66. The molecule has 0 aliphatic rings. The summed E-state index contributed by atoms with van der Waals surface area (Å²) in [7, 11) is 1.74. The van der Waals surface area contributed by atoms with Crippen molar-refractivity contribution in [2.24, 2.45) is 7.05 Å². The first-order chi connectivity index (χ1) is 13.6. The number of hydrogen-bond acceptors (Lipinski definition) is 5. The molecule has 11 heteroatoms. The quantitative estimate of drug-likeness (QED) is 0.568. The fourth-order valence-corrected chi connectivity index (χ4v) is 3.23. The van der Waals surface area contributed by atoms with E-state index in [2.05, 4.69) is 25.6 Å². The molecule has 0 aromatic carbocycles. The number of rotatable bonds is 3. The molecule has 0 spiro atoms. The molecule has 1 N–H and O–H groups in total. The highest BCUT2D eigenvalue weighted by Gasteiger charge is 2.31. The van der Waals surface area contributed by atoms with Gasteiger partial charge in [-0.05, 0) is 32.0 Å². The molecule has 4 aromatic heterocycles. The first-order valence-electron chi connectivity index (χ1n) is 8.65. The van der Waals surface area contributed by atoms with Crippen LogP contribution >= 0.6 is 0 Å². The Labute approximate surface area is 162 Å². The summed E-state index contributed by atoms with van der Waals surface area (Å²) in [6, 6.07) is 3.82. The molecule has 0 unspecified atom stereocenters. The lowest BCUT2D eigenvalue weighted by atomic mass is 10.1. The number of fused-ring (bicyclic) bond motifs is 2. The molecule has 0 bridgehead atoms. The van der Waals surface area contributed by atoms with Gasteiger partial charge in [-0.15, -0.1) is 10.2 Å². The minimum absolute atomic E-state index is 0.0938. The molecule has 1 amide bonds. The van der Waals surface area contributed by atoms with Crippen molar-refractivity contribution in [1.29, 1.82) is 0 Å². The lowest BCUT2D eigenvalue weighted by molar-refractivity contribution is -0.137. The van der Waals surface area contributed by atoms with E-state index in [0.717, 1.165) is 12.3 Å². The highest BCUT2D eigenvalue weighted by atomic mass is 19.4. The SMILES string of the molecule is Cc1cc(C(=O)NCc2nnc3ccc(C(F)(F)F)cn23)c2c(C)nn(C)c2n1. The minimum atomic E-state index is -4.49. The van der Waals surface area contributed by atoms with Gasteiger partial charge < -0.3 is 5.32 Å². The maximum Gasteiger partial charge on any atom is 0.417 e. The first kappa shape index (κ1) is 18.8. The van der Waals surface area contributed by atoms with Gasteiger partial charge in [-0.2, -0.15) is 18.3 Å². The Morgan fingerprint density at radius 3 is 2.69 bits per heavy atom. The van der Waals surface area contributed by atoms with Crippen LogP contribution in [0.2, 0.25) is 0 Å². The van der Waals surface area contributed by atoms with Crippen LogP contribution in [0.25, 0.3) is 16.7 Å². The summed E-state index contributed by atoms with van der Waals surface area (Å²) in [4.78, 5) is 17.2. The van der Waals surface area contributed by atoms with Gasteiger partial charge in [0.2, 0.25) is 0 Å². The molecule has 8 nitrogen and oxygen atoms in total. The Balaban J connectivity index is 1.65. The molecule has 0 atom stereocenters. The van der Waals surface area contributed by atoms with Crippen LogP contribution in [0.4, 0.5) is 13.2 Å². The third-order valence-corrected chi connectivity index (χ3v) is 4.55. The number of pyridine rings is 2. The van der Waals surface area contributed by atoms with Crippen LogP contribution in [-0.4, -0.2) is 35.3 Å². The van der Waals surface area contributed by atoms with Crippen molar-refractivity contribution in [2.75, 3.05) is 0 Å². The summed E-state index contributed by atoms with van der Waals surface area (Å²) < 4.78 is 41.7.